The molecule has 1 rings (SSSR count). The van der Waals surface area contributed by atoms with E-state index in [1.54, 1.807) is 11.8 Å². The van der Waals surface area contributed by atoms with Gasteiger partial charge in [-0.05, 0) is 24.3 Å². The van der Waals surface area contributed by atoms with E-state index in [1.807, 2.05) is 18.2 Å². The molecule has 0 spiro atoms. The number of rotatable bonds is 6. The van der Waals surface area contributed by atoms with Crippen molar-refractivity contribution in [2.75, 3.05) is 18.6 Å². The Morgan fingerprint density at radius 3 is 2.53 bits per heavy atom. The van der Waals surface area contributed by atoms with E-state index in [4.69, 9.17) is 0 Å². The zero-order valence-electron chi connectivity index (χ0n) is 8.64. The average Bonchev–Trinajstić information content (AvgIpc) is 2.17. The van der Waals surface area contributed by atoms with Gasteiger partial charge in [-0.3, -0.25) is 0 Å². The predicted molar refractivity (Wildman–Crippen MR) is 64.6 cm³/mol. The lowest BCUT2D eigenvalue weighted by molar-refractivity contribution is 0.587. The molecule has 0 amide bonds. The van der Waals surface area contributed by atoms with Crippen molar-refractivity contribution in [3.05, 3.63) is 30.3 Å². The molecular formula is C10H15NO2S2. The van der Waals surface area contributed by atoms with Crippen LogP contribution in [0.4, 0.5) is 0 Å². The molecule has 0 fully saturated rings. The van der Waals surface area contributed by atoms with Crippen LogP contribution in [0.3, 0.4) is 0 Å². The summed E-state index contributed by atoms with van der Waals surface area (Å²) in [7, 11) is -3.03. The molecule has 0 aliphatic carbocycles. The number of thioether (sulfide) groups is 1. The Morgan fingerprint density at radius 1 is 1.27 bits per heavy atom. The van der Waals surface area contributed by atoms with Crippen LogP contribution in [0.25, 0.3) is 0 Å². The monoisotopic (exact) mass is 245 g/mol. The van der Waals surface area contributed by atoms with Gasteiger partial charge in [0.05, 0.1) is 6.26 Å². The van der Waals surface area contributed by atoms with Crippen LogP contribution in [-0.4, -0.2) is 27.0 Å². The smallest absolute Gasteiger partial charge is 0.208 e. The second-order valence-corrected chi connectivity index (χ2v) is 6.18. The number of sulfonamides is 1. The molecule has 3 nitrogen and oxygen atoms in total. The van der Waals surface area contributed by atoms with Crippen molar-refractivity contribution in [1.29, 1.82) is 0 Å². The predicted octanol–water partition coefficient (Wildman–Crippen LogP) is 1.72. The molecule has 0 aromatic heterocycles. The minimum atomic E-state index is -3.03. The van der Waals surface area contributed by atoms with Gasteiger partial charge in [-0.25, -0.2) is 13.1 Å². The second-order valence-electron chi connectivity index (χ2n) is 3.18. The summed E-state index contributed by atoms with van der Waals surface area (Å²) in [5.41, 5.74) is 0. The van der Waals surface area contributed by atoms with Gasteiger partial charge in [0.25, 0.3) is 0 Å². The number of nitrogens with one attached hydrogen (secondary N) is 1. The lowest BCUT2D eigenvalue weighted by atomic mass is 10.4. The Balaban J connectivity index is 2.13. The van der Waals surface area contributed by atoms with E-state index < -0.39 is 10.0 Å². The average molecular weight is 245 g/mol. The standard InChI is InChI=1S/C10H15NO2S2/c1-15(12,13)11-8-5-9-14-10-6-3-2-4-7-10/h2-4,6-7,11H,5,8-9H2,1H3. The molecule has 84 valence electrons. The summed E-state index contributed by atoms with van der Waals surface area (Å²) in [5, 5.41) is 0. The molecule has 0 aliphatic rings. The first kappa shape index (κ1) is 12.5. The van der Waals surface area contributed by atoms with Crippen LogP contribution in [0.5, 0.6) is 0 Å². The summed E-state index contributed by atoms with van der Waals surface area (Å²) < 4.78 is 24.0. The van der Waals surface area contributed by atoms with Crippen molar-refractivity contribution >= 4 is 21.8 Å². The fourth-order valence-electron chi connectivity index (χ4n) is 1.04. The number of hydrogen-bond acceptors (Lipinski definition) is 3. The SMILES string of the molecule is CS(=O)(=O)NCCCSc1ccccc1. The van der Waals surface area contributed by atoms with E-state index in [0.29, 0.717) is 6.54 Å². The van der Waals surface area contributed by atoms with Gasteiger partial charge < -0.3 is 0 Å². The van der Waals surface area contributed by atoms with E-state index in [0.717, 1.165) is 12.2 Å². The molecule has 1 aromatic carbocycles. The molecule has 0 saturated carbocycles. The zero-order chi connectivity index (χ0) is 11.1. The fraction of sp³-hybridized carbons (Fsp3) is 0.400. The van der Waals surface area contributed by atoms with Gasteiger partial charge in [0.15, 0.2) is 0 Å². The summed E-state index contributed by atoms with van der Waals surface area (Å²) in [6.45, 7) is 0.513. The molecule has 1 aromatic rings. The van der Waals surface area contributed by atoms with E-state index in [-0.39, 0.29) is 0 Å². The maximum absolute atomic E-state index is 10.7. The van der Waals surface area contributed by atoms with Gasteiger partial charge in [-0.2, -0.15) is 0 Å². The van der Waals surface area contributed by atoms with Crippen LogP contribution < -0.4 is 4.72 Å². The first-order valence-electron chi connectivity index (χ1n) is 4.70. The molecule has 5 heteroatoms. The van der Waals surface area contributed by atoms with Crippen molar-refractivity contribution in [3.8, 4) is 0 Å². The Labute approximate surface area is 95.3 Å². The molecule has 0 bridgehead atoms. The summed E-state index contributed by atoms with van der Waals surface area (Å²) in [6, 6.07) is 10.1. The van der Waals surface area contributed by atoms with E-state index in [1.165, 1.54) is 11.2 Å². The molecule has 0 radical (unpaired) electrons. The molecular weight excluding hydrogens is 230 g/mol. The van der Waals surface area contributed by atoms with E-state index in [2.05, 4.69) is 16.9 Å². The van der Waals surface area contributed by atoms with Crippen LogP contribution in [0.1, 0.15) is 6.42 Å². The Bertz CT molecular complexity index is 376. The molecule has 0 aliphatic heterocycles. The Kier molecular flexibility index (Phi) is 5.14. The van der Waals surface area contributed by atoms with Crippen LogP contribution >= 0.6 is 11.8 Å². The largest absolute Gasteiger partial charge is 0.215 e. The minimum absolute atomic E-state index is 0.513. The van der Waals surface area contributed by atoms with Gasteiger partial charge >= 0.3 is 0 Å². The Hall–Kier alpha value is -0.520. The molecule has 0 unspecified atom stereocenters. The van der Waals surface area contributed by atoms with Crippen LogP contribution in [0.2, 0.25) is 0 Å². The summed E-state index contributed by atoms with van der Waals surface area (Å²) in [5.74, 6) is 0.923. The normalized spacial score (nSPS) is 11.5. The fourth-order valence-corrected chi connectivity index (χ4v) is 2.43. The van der Waals surface area contributed by atoms with Crippen LogP contribution in [-0.2, 0) is 10.0 Å². The van der Waals surface area contributed by atoms with Gasteiger partial charge in [-0.15, -0.1) is 11.8 Å². The number of benzene rings is 1. The maximum Gasteiger partial charge on any atom is 0.208 e. The first-order valence-corrected chi connectivity index (χ1v) is 7.58. The third kappa shape index (κ3) is 6.54. The summed E-state index contributed by atoms with van der Waals surface area (Å²) in [6.07, 6.45) is 2.02. The van der Waals surface area contributed by atoms with Crippen LogP contribution in [0.15, 0.2) is 35.2 Å². The summed E-state index contributed by atoms with van der Waals surface area (Å²) in [4.78, 5) is 1.22. The van der Waals surface area contributed by atoms with Crippen molar-refractivity contribution in [3.63, 3.8) is 0 Å². The lowest BCUT2D eigenvalue weighted by Crippen LogP contribution is -2.23. The Morgan fingerprint density at radius 2 is 1.93 bits per heavy atom. The van der Waals surface area contributed by atoms with Crippen LogP contribution in [0, 0.1) is 0 Å². The zero-order valence-corrected chi connectivity index (χ0v) is 10.3. The molecule has 1 N–H and O–H groups in total. The molecule has 0 atom stereocenters. The highest BCUT2D eigenvalue weighted by atomic mass is 32.2. The topological polar surface area (TPSA) is 46.2 Å². The van der Waals surface area contributed by atoms with E-state index >= 15 is 0 Å². The third-order valence-corrected chi connectivity index (χ3v) is 3.52. The van der Waals surface area contributed by atoms with Gasteiger partial charge in [0.2, 0.25) is 10.0 Å². The number of hydrogen-bond donors (Lipinski definition) is 1. The van der Waals surface area contributed by atoms with Crippen molar-refractivity contribution in [2.45, 2.75) is 11.3 Å². The highest BCUT2D eigenvalue weighted by Gasteiger charge is 1.98. The third-order valence-electron chi connectivity index (χ3n) is 1.70. The second kappa shape index (κ2) is 6.15. The maximum atomic E-state index is 10.7. The molecule has 0 saturated heterocycles. The van der Waals surface area contributed by atoms with Crippen molar-refractivity contribution in [2.24, 2.45) is 0 Å². The van der Waals surface area contributed by atoms with Gasteiger partial charge in [0.1, 0.15) is 0 Å². The molecule has 0 heterocycles. The van der Waals surface area contributed by atoms with Crippen molar-refractivity contribution in [1.82, 2.24) is 4.72 Å². The first-order chi connectivity index (χ1) is 7.08. The van der Waals surface area contributed by atoms with E-state index in [9.17, 15) is 8.42 Å². The summed E-state index contributed by atoms with van der Waals surface area (Å²) >= 11 is 1.74. The quantitative estimate of drug-likeness (QED) is 0.613. The highest BCUT2D eigenvalue weighted by molar-refractivity contribution is 7.99. The minimum Gasteiger partial charge on any atom is -0.215 e. The van der Waals surface area contributed by atoms with Gasteiger partial charge in [-0.1, -0.05) is 18.2 Å². The highest BCUT2D eigenvalue weighted by Crippen LogP contribution is 2.17. The molecule has 15 heavy (non-hydrogen) atoms. The van der Waals surface area contributed by atoms with Crippen molar-refractivity contribution < 1.29 is 8.42 Å². The van der Waals surface area contributed by atoms with Gasteiger partial charge in [0, 0.05) is 11.4 Å². The lowest BCUT2D eigenvalue weighted by Gasteiger charge is -2.02.